The summed E-state index contributed by atoms with van der Waals surface area (Å²) in [5.74, 6) is -0.0112. The predicted molar refractivity (Wildman–Crippen MR) is 92.0 cm³/mol. The minimum Gasteiger partial charge on any atom is -0.388 e. The Balaban J connectivity index is 2.01. The number of anilines is 1. The first kappa shape index (κ1) is 24.3. The molecule has 0 radical (unpaired) electrons. The van der Waals surface area contributed by atoms with Crippen LogP contribution in [0.15, 0.2) is 11.0 Å². The molecule has 29 heavy (non-hydrogen) atoms. The van der Waals surface area contributed by atoms with E-state index in [1.165, 1.54) is 6.20 Å². The Morgan fingerprint density at radius 2 is 1.86 bits per heavy atom. The van der Waals surface area contributed by atoms with Crippen LogP contribution in [-0.4, -0.2) is 53.0 Å². The Bertz CT molecular complexity index is 960. The highest BCUT2D eigenvalue weighted by molar-refractivity contribution is 7.66. The van der Waals surface area contributed by atoms with Crippen molar-refractivity contribution in [1.82, 2.24) is 9.55 Å². The Labute approximate surface area is 162 Å². The van der Waals surface area contributed by atoms with Gasteiger partial charge in [0.25, 0.3) is 0 Å². The number of nitrogens with zero attached hydrogens (tertiary/aromatic N) is 2. The van der Waals surface area contributed by atoms with E-state index in [1.54, 1.807) is 6.92 Å². The third-order valence-electron chi connectivity index (χ3n) is 3.45. The number of hydrogen-bond acceptors (Lipinski definition) is 11. The average Bonchev–Trinajstić information content (AvgIpc) is 2.86. The Morgan fingerprint density at radius 3 is 2.45 bits per heavy atom. The molecule has 1 saturated heterocycles. The van der Waals surface area contributed by atoms with Crippen LogP contribution in [0.5, 0.6) is 0 Å². The Morgan fingerprint density at radius 1 is 1.24 bits per heavy atom. The molecule has 0 bridgehead atoms. The van der Waals surface area contributed by atoms with Gasteiger partial charge in [-0.3, -0.25) is 9.09 Å². The summed E-state index contributed by atoms with van der Waals surface area (Å²) < 4.78 is 51.4. The molecule has 1 aromatic heterocycles. The molecular formula is C10H18N3O13P3. The van der Waals surface area contributed by atoms with Crippen molar-refractivity contribution in [3.8, 4) is 0 Å². The fourth-order valence-electron chi connectivity index (χ4n) is 2.33. The number of phosphoric ester groups is 1. The van der Waals surface area contributed by atoms with E-state index in [1.807, 2.05) is 0 Å². The van der Waals surface area contributed by atoms with E-state index < -0.39 is 54.2 Å². The van der Waals surface area contributed by atoms with Crippen LogP contribution in [0.1, 0.15) is 18.2 Å². The quantitative estimate of drug-likeness (QED) is 0.247. The fourth-order valence-corrected chi connectivity index (χ4v) is 5.38. The van der Waals surface area contributed by atoms with Gasteiger partial charge in [0.15, 0.2) is 6.23 Å². The zero-order chi connectivity index (χ0) is 22.2. The van der Waals surface area contributed by atoms with Crippen molar-refractivity contribution in [3.05, 3.63) is 22.2 Å². The number of ether oxygens (including phenoxy) is 1. The summed E-state index contributed by atoms with van der Waals surface area (Å²) in [6, 6.07) is 0. The minimum atomic E-state index is -5.64. The molecule has 166 valence electrons. The van der Waals surface area contributed by atoms with E-state index in [2.05, 4.69) is 18.1 Å². The van der Waals surface area contributed by atoms with Crippen LogP contribution in [0.25, 0.3) is 0 Å². The lowest BCUT2D eigenvalue weighted by Crippen LogP contribution is -2.32. The summed E-state index contributed by atoms with van der Waals surface area (Å²) in [4.78, 5) is 50.9. The molecule has 7 N–H and O–H groups in total. The van der Waals surface area contributed by atoms with Crippen molar-refractivity contribution in [2.75, 3.05) is 12.3 Å². The van der Waals surface area contributed by atoms with E-state index >= 15 is 0 Å². The summed E-state index contributed by atoms with van der Waals surface area (Å²) in [6.07, 6.45) is -2.40. The van der Waals surface area contributed by atoms with Gasteiger partial charge in [-0.05, 0) is 6.92 Å². The first-order chi connectivity index (χ1) is 13.1. The number of aliphatic hydroxyl groups excluding tert-OH is 1. The van der Waals surface area contributed by atoms with Crippen molar-refractivity contribution in [3.63, 3.8) is 0 Å². The molecule has 1 aliphatic heterocycles. The summed E-state index contributed by atoms with van der Waals surface area (Å²) in [5.41, 5.74) is 5.13. The molecule has 1 aliphatic rings. The topological polar surface area (TPSA) is 250 Å². The zero-order valence-electron chi connectivity index (χ0n) is 14.5. The van der Waals surface area contributed by atoms with E-state index in [0.29, 0.717) is 5.56 Å². The van der Waals surface area contributed by atoms with E-state index in [9.17, 15) is 28.5 Å². The standard InChI is InChI=1S/C10H18N3O13P3/c1-5-3-13(10(15)12-8(5)11)9-7(14)2-6(24-9)4-23-28(19,20)26-29(21,22)25-27(16,17)18/h3,6-7,9,14H,2,4H2,1H3,(H,19,20)(H,21,22)(H2,11,12,15)(H2,16,17,18)/t6-,7+,9+/m0/s1. The van der Waals surface area contributed by atoms with Gasteiger partial charge in [0, 0.05) is 18.2 Å². The van der Waals surface area contributed by atoms with Crippen LogP contribution in [0, 0.1) is 6.92 Å². The molecule has 1 fully saturated rings. The molecule has 2 unspecified atom stereocenters. The van der Waals surface area contributed by atoms with Gasteiger partial charge in [-0.25, -0.2) is 18.5 Å². The van der Waals surface area contributed by atoms with Gasteiger partial charge >= 0.3 is 29.2 Å². The van der Waals surface area contributed by atoms with Crippen molar-refractivity contribution >= 4 is 29.3 Å². The zero-order valence-corrected chi connectivity index (χ0v) is 17.2. The third-order valence-corrected chi connectivity index (χ3v) is 7.26. The number of aromatic nitrogens is 2. The van der Waals surface area contributed by atoms with Crippen LogP contribution < -0.4 is 11.4 Å². The van der Waals surface area contributed by atoms with Crippen molar-refractivity contribution < 1.29 is 56.3 Å². The summed E-state index contributed by atoms with van der Waals surface area (Å²) in [7, 11) is -16.5. The SMILES string of the molecule is Cc1cn([C@@H]2O[C@H](COP(=O)(O)OP(=O)(O)OP(=O)(O)O)C[C@H]2O)c(=O)nc1N. The number of aliphatic hydroxyl groups is 1. The number of nitrogens with two attached hydrogens (primary N) is 1. The highest BCUT2D eigenvalue weighted by atomic mass is 31.3. The van der Waals surface area contributed by atoms with Crippen LogP contribution in [0.2, 0.25) is 0 Å². The lowest BCUT2D eigenvalue weighted by molar-refractivity contribution is -0.0524. The van der Waals surface area contributed by atoms with Gasteiger partial charge in [-0.15, -0.1) is 0 Å². The molecule has 2 heterocycles. The van der Waals surface area contributed by atoms with Crippen LogP contribution >= 0.6 is 23.5 Å². The molecule has 16 nitrogen and oxygen atoms in total. The van der Waals surface area contributed by atoms with E-state index in [4.69, 9.17) is 25.2 Å². The van der Waals surface area contributed by atoms with Crippen molar-refractivity contribution in [2.24, 2.45) is 0 Å². The summed E-state index contributed by atoms with van der Waals surface area (Å²) in [5, 5.41) is 10.1. The van der Waals surface area contributed by atoms with Gasteiger partial charge in [-0.1, -0.05) is 0 Å². The van der Waals surface area contributed by atoms with Gasteiger partial charge in [0.05, 0.1) is 12.7 Å². The molecule has 0 saturated carbocycles. The highest BCUT2D eigenvalue weighted by Crippen LogP contribution is 2.66. The molecule has 0 aromatic carbocycles. The first-order valence-corrected chi connectivity index (χ1v) is 12.1. The van der Waals surface area contributed by atoms with Gasteiger partial charge < -0.3 is 35.2 Å². The minimum absolute atomic E-state index is 0.0112. The number of aryl methyl sites for hydroxylation is 1. The second-order valence-corrected chi connectivity index (χ2v) is 10.3. The number of nitrogen functional groups attached to an aromatic ring is 1. The second-order valence-electron chi connectivity index (χ2n) is 5.84. The maximum Gasteiger partial charge on any atom is 0.490 e. The predicted octanol–water partition coefficient (Wildman–Crippen LogP) is -0.874. The molecule has 0 spiro atoms. The van der Waals surface area contributed by atoms with Crippen LogP contribution in [-0.2, 0) is 31.6 Å². The normalized spacial score (nSPS) is 26.8. The van der Waals surface area contributed by atoms with Gasteiger partial charge in [0.2, 0.25) is 0 Å². The fraction of sp³-hybridized carbons (Fsp3) is 0.600. The largest absolute Gasteiger partial charge is 0.490 e. The Hall–Kier alpha value is -0.990. The molecule has 0 amide bonds. The lowest BCUT2D eigenvalue weighted by atomic mass is 10.2. The van der Waals surface area contributed by atoms with Gasteiger partial charge in [-0.2, -0.15) is 13.6 Å². The maximum atomic E-state index is 11.9. The monoisotopic (exact) mass is 481 g/mol. The maximum absolute atomic E-state index is 11.9. The van der Waals surface area contributed by atoms with E-state index in [-0.39, 0.29) is 12.2 Å². The van der Waals surface area contributed by atoms with Crippen molar-refractivity contribution in [1.29, 1.82) is 0 Å². The molecule has 5 atom stereocenters. The van der Waals surface area contributed by atoms with Crippen LogP contribution in [0.4, 0.5) is 5.82 Å². The number of rotatable bonds is 8. The molecule has 19 heteroatoms. The Kier molecular flexibility index (Phi) is 7.23. The third kappa shape index (κ3) is 7.03. The number of hydrogen-bond donors (Lipinski definition) is 6. The highest BCUT2D eigenvalue weighted by Gasteiger charge is 2.42. The summed E-state index contributed by atoms with van der Waals surface area (Å²) >= 11 is 0. The molecule has 0 aliphatic carbocycles. The van der Waals surface area contributed by atoms with Crippen LogP contribution in [0.3, 0.4) is 0 Å². The summed E-state index contributed by atoms with van der Waals surface area (Å²) in [6.45, 7) is 0.805. The smallest absolute Gasteiger partial charge is 0.388 e. The van der Waals surface area contributed by atoms with E-state index in [0.717, 1.165) is 4.57 Å². The second kappa shape index (κ2) is 8.63. The molecular weight excluding hydrogens is 463 g/mol. The van der Waals surface area contributed by atoms with Crippen molar-refractivity contribution in [2.45, 2.75) is 31.8 Å². The first-order valence-electron chi connectivity index (χ1n) is 7.56. The average molecular weight is 481 g/mol. The lowest BCUT2D eigenvalue weighted by Gasteiger charge is -2.19. The van der Waals surface area contributed by atoms with Gasteiger partial charge in [0.1, 0.15) is 11.9 Å². The molecule has 2 rings (SSSR count). The molecule has 1 aromatic rings. The number of phosphoric acid groups is 3.